The Hall–Kier alpha value is -3.19. The van der Waals surface area contributed by atoms with E-state index >= 15 is 0 Å². The summed E-state index contributed by atoms with van der Waals surface area (Å²) in [7, 11) is 0. The lowest BCUT2D eigenvalue weighted by Gasteiger charge is -2.24. The highest BCUT2D eigenvalue weighted by atomic mass is 16.5. The fourth-order valence-electron chi connectivity index (χ4n) is 3.35. The van der Waals surface area contributed by atoms with E-state index in [1.165, 1.54) is 5.56 Å². The fraction of sp³-hybridized carbons (Fsp3) is 0.318. The molecule has 4 rings (SSSR count). The van der Waals surface area contributed by atoms with Crippen molar-refractivity contribution >= 4 is 5.91 Å². The summed E-state index contributed by atoms with van der Waals surface area (Å²) in [4.78, 5) is 12.6. The van der Waals surface area contributed by atoms with Gasteiger partial charge in [-0.3, -0.25) is 4.79 Å². The molecule has 150 valence electrons. The van der Waals surface area contributed by atoms with Gasteiger partial charge in [-0.15, -0.1) is 5.10 Å². The van der Waals surface area contributed by atoms with Gasteiger partial charge in [-0.1, -0.05) is 47.2 Å². The van der Waals surface area contributed by atoms with Crippen LogP contribution < -0.4 is 10.1 Å². The molecule has 0 spiro atoms. The van der Waals surface area contributed by atoms with Gasteiger partial charge in [-0.25, -0.2) is 4.68 Å². The van der Waals surface area contributed by atoms with Crippen molar-refractivity contribution in [1.82, 2.24) is 20.3 Å². The van der Waals surface area contributed by atoms with Gasteiger partial charge >= 0.3 is 0 Å². The molecule has 1 atom stereocenters. The van der Waals surface area contributed by atoms with Crippen molar-refractivity contribution in [2.75, 3.05) is 6.61 Å². The van der Waals surface area contributed by atoms with Crippen molar-refractivity contribution in [3.05, 3.63) is 76.6 Å². The maximum atomic E-state index is 12.6. The second-order valence-corrected chi connectivity index (χ2v) is 7.04. The predicted molar refractivity (Wildman–Crippen MR) is 108 cm³/mol. The third-order valence-electron chi connectivity index (χ3n) is 4.92. The van der Waals surface area contributed by atoms with Gasteiger partial charge in [0, 0.05) is 6.54 Å². The SMILES string of the molecule is CCOc1cccc(CNC(=O)c2nnn3c2CO[C@H](c2ccc(C)cc2)C3)c1. The second-order valence-electron chi connectivity index (χ2n) is 7.04. The molecule has 0 bridgehead atoms. The number of hydrogen-bond acceptors (Lipinski definition) is 5. The lowest BCUT2D eigenvalue weighted by Crippen LogP contribution is -2.27. The van der Waals surface area contributed by atoms with Crippen molar-refractivity contribution in [2.24, 2.45) is 0 Å². The maximum absolute atomic E-state index is 12.6. The van der Waals surface area contributed by atoms with Gasteiger partial charge < -0.3 is 14.8 Å². The molecule has 7 nitrogen and oxygen atoms in total. The van der Waals surface area contributed by atoms with E-state index in [0.717, 1.165) is 16.9 Å². The van der Waals surface area contributed by atoms with Crippen molar-refractivity contribution in [1.29, 1.82) is 0 Å². The topological polar surface area (TPSA) is 78.3 Å². The van der Waals surface area contributed by atoms with E-state index in [2.05, 4.69) is 46.8 Å². The number of ether oxygens (including phenoxy) is 2. The highest BCUT2D eigenvalue weighted by molar-refractivity contribution is 5.93. The molecule has 0 saturated carbocycles. The summed E-state index contributed by atoms with van der Waals surface area (Å²) in [5.41, 5.74) is 4.27. The first-order valence-electron chi connectivity index (χ1n) is 9.74. The number of nitrogens with one attached hydrogen (secondary N) is 1. The Morgan fingerprint density at radius 2 is 2.10 bits per heavy atom. The number of aryl methyl sites for hydroxylation is 1. The van der Waals surface area contributed by atoms with Crippen LogP contribution in [0.5, 0.6) is 5.75 Å². The summed E-state index contributed by atoms with van der Waals surface area (Å²) in [5, 5.41) is 11.2. The lowest BCUT2D eigenvalue weighted by atomic mass is 10.1. The zero-order chi connectivity index (χ0) is 20.2. The summed E-state index contributed by atoms with van der Waals surface area (Å²) in [6.07, 6.45) is -0.0954. The zero-order valence-electron chi connectivity index (χ0n) is 16.6. The number of rotatable bonds is 6. The Morgan fingerprint density at radius 3 is 2.90 bits per heavy atom. The fourth-order valence-corrected chi connectivity index (χ4v) is 3.35. The van der Waals surface area contributed by atoms with E-state index in [1.54, 1.807) is 4.68 Å². The number of carbonyl (C=O) groups is 1. The molecule has 7 heteroatoms. The standard InChI is InChI=1S/C22H24N4O3/c1-3-28-18-6-4-5-16(11-18)12-23-22(27)21-19-14-29-20(13-26(19)25-24-21)17-9-7-15(2)8-10-17/h4-11,20H,3,12-14H2,1-2H3,(H,23,27)/t20-/m0/s1. The second kappa shape index (κ2) is 8.45. The minimum atomic E-state index is -0.259. The number of nitrogens with zero attached hydrogens (tertiary/aromatic N) is 3. The lowest BCUT2D eigenvalue weighted by molar-refractivity contribution is -0.00177. The Balaban J connectivity index is 1.41. The molecule has 0 aliphatic carbocycles. The largest absolute Gasteiger partial charge is 0.494 e. The molecule has 0 fully saturated rings. The van der Waals surface area contributed by atoms with E-state index in [-0.39, 0.29) is 12.0 Å². The summed E-state index contributed by atoms with van der Waals surface area (Å²) in [5.74, 6) is 0.529. The van der Waals surface area contributed by atoms with Crippen molar-refractivity contribution in [2.45, 2.75) is 39.6 Å². The molecule has 1 aromatic heterocycles. The Labute approximate surface area is 169 Å². The molecule has 2 heterocycles. The Bertz CT molecular complexity index is 998. The first kappa shape index (κ1) is 19.1. The molecule has 1 N–H and O–H groups in total. The first-order chi connectivity index (χ1) is 14.1. The van der Waals surface area contributed by atoms with E-state index in [9.17, 15) is 4.79 Å². The maximum Gasteiger partial charge on any atom is 0.274 e. The third kappa shape index (κ3) is 4.30. The number of aromatic nitrogens is 3. The van der Waals surface area contributed by atoms with Gasteiger partial charge in [-0.2, -0.15) is 0 Å². The number of carbonyl (C=O) groups excluding carboxylic acids is 1. The minimum Gasteiger partial charge on any atom is -0.494 e. The van der Waals surface area contributed by atoms with Gasteiger partial charge in [0.25, 0.3) is 5.91 Å². The average molecular weight is 392 g/mol. The zero-order valence-corrected chi connectivity index (χ0v) is 16.6. The van der Waals surface area contributed by atoms with Crippen LogP contribution >= 0.6 is 0 Å². The van der Waals surface area contributed by atoms with Gasteiger partial charge in [-0.05, 0) is 37.1 Å². The smallest absolute Gasteiger partial charge is 0.274 e. The summed E-state index contributed by atoms with van der Waals surface area (Å²) < 4.78 is 13.2. The average Bonchev–Trinajstić information content (AvgIpc) is 3.16. The molecule has 0 unspecified atom stereocenters. The van der Waals surface area contributed by atoms with Crippen LogP contribution in [0.3, 0.4) is 0 Å². The van der Waals surface area contributed by atoms with Crippen molar-refractivity contribution in [3.63, 3.8) is 0 Å². The number of fused-ring (bicyclic) bond motifs is 1. The number of benzene rings is 2. The minimum absolute atomic E-state index is 0.0954. The van der Waals surface area contributed by atoms with Gasteiger partial charge in [0.1, 0.15) is 11.9 Å². The summed E-state index contributed by atoms with van der Waals surface area (Å²) in [6, 6.07) is 15.9. The third-order valence-corrected chi connectivity index (χ3v) is 4.92. The quantitative estimate of drug-likeness (QED) is 0.697. The van der Waals surface area contributed by atoms with E-state index in [1.807, 2.05) is 31.2 Å². The predicted octanol–water partition coefficient (Wildman–Crippen LogP) is 3.19. The van der Waals surface area contributed by atoms with Gasteiger partial charge in [0.15, 0.2) is 5.69 Å². The van der Waals surface area contributed by atoms with Crippen molar-refractivity contribution in [3.8, 4) is 5.75 Å². The normalized spacial score (nSPS) is 15.6. The molecule has 1 aliphatic heterocycles. The monoisotopic (exact) mass is 392 g/mol. The van der Waals surface area contributed by atoms with E-state index in [4.69, 9.17) is 9.47 Å². The molecule has 0 saturated heterocycles. The molecular formula is C22H24N4O3. The van der Waals surface area contributed by atoms with Crippen LogP contribution in [0.1, 0.15) is 45.9 Å². The van der Waals surface area contributed by atoms with Crippen LogP contribution in [0.2, 0.25) is 0 Å². The van der Waals surface area contributed by atoms with Gasteiger partial charge in [0.05, 0.1) is 25.5 Å². The van der Waals surface area contributed by atoms with E-state index < -0.39 is 0 Å². The molecular weight excluding hydrogens is 368 g/mol. The molecule has 29 heavy (non-hydrogen) atoms. The van der Waals surface area contributed by atoms with Crippen LogP contribution in [-0.4, -0.2) is 27.5 Å². The number of amides is 1. The molecule has 2 aromatic carbocycles. The van der Waals surface area contributed by atoms with Crippen LogP contribution in [0.25, 0.3) is 0 Å². The molecule has 1 aliphatic rings. The molecule has 3 aromatic rings. The Kier molecular flexibility index (Phi) is 5.57. The van der Waals surface area contributed by atoms with Crippen LogP contribution in [0.4, 0.5) is 0 Å². The Morgan fingerprint density at radius 1 is 1.28 bits per heavy atom. The molecule has 0 radical (unpaired) electrons. The highest BCUT2D eigenvalue weighted by Crippen LogP contribution is 2.27. The number of hydrogen-bond donors (Lipinski definition) is 1. The highest BCUT2D eigenvalue weighted by Gasteiger charge is 2.27. The van der Waals surface area contributed by atoms with Crippen molar-refractivity contribution < 1.29 is 14.3 Å². The summed E-state index contributed by atoms with van der Waals surface area (Å²) >= 11 is 0. The first-order valence-corrected chi connectivity index (χ1v) is 9.74. The summed E-state index contributed by atoms with van der Waals surface area (Å²) in [6.45, 7) is 5.82. The van der Waals surface area contributed by atoms with Gasteiger partial charge in [0.2, 0.25) is 0 Å². The molecule has 1 amide bonds. The van der Waals surface area contributed by atoms with Crippen LogP contribution in [0.15, 0.2) is 48.5 Å². The van der Waals surface area contributed by atoms with Crippen LogP contribution in [-0.2, 0) is 24.4 Å². The van der Waals surface area contributed by atoms with Crippen LogP contribution in [0, 0.1) is 6.92 Å². The van der Waals surface area contributed by atoms with E-state index in [0.29, 0.717) is 37.7 Å².